The molecular formula is C31H33F3N5O5+. The Balaban J connectivity index is 0.000000676. The molecule has 1 aliphatic rings. The first-order valence-electron chi connectivity index (χ1n) is 14.1. The highest BCUT2D eigenvalue weighted by molar-refractivity contribution is 5.95. The minimum atomic E-state index is -5.08. The van der Waals surface area contributed by atoms with Crippen molar-refractivity contribution in [3.8, 4) is 6.07 Å². The molecule has 0 radical (unpaired) electrons. The summed E-state index contributed by atoms with van der Waals surface area (Å²) in [6.45, 7) is 2.37. The van der Waals surface area contributed by atoms with Crippen LogP contribution in [0, 0.1) is 22.2 Å². The van der Waals surface area contributed by atoms with Gasteiger partial charge >= 0.3 is 12.1 Å². The van der Waals surface area contributed by atoms with Gasteiger partial charge in [0, 0.05) is 46.1 Å². The Hall–Kier alpha value is -4.86. The molecule has 13 heteroatoms. The fourth-order valence-corrected chi connectivity index (χ4v) is 4.83. The molecule has 1 fully saturated rings. The van der Waals surface area contributed by atoms with E-state index in [1.807, 2.05) is 49.4 Å². The normalized spacial score (nSPS) is 16.9. The Kier molecular flexibility index (Phi) is 11.9. The number of nitriles is 1. The van der Waals surface area contributed by atoms with Crippen LogP contribution in [0.2, 0.25) is 0 Å². The van der Waals surface area contributed by atoms with E-state index in [2.05, 4.69) is 21.7 Å². The molecule has 0 bridgehead atoms. The first-order chi connectivity index (χ1) is 20.9. The van der Waals surface area contributed by atoms with Gasteiger partial charge in [0.05, 0.1) is 17.5 Å². The Morgan fingerprint density at radius 3 is 2.36 bits per heavy atom. The fourth-order valence-electron chi connectivity index (χ4n) is 4.83. The third-order valence-corrected chi connectivity index (χ3v) is 7.06. The number of aromatic nitrogens is 1. The number of fused-ring (bicyclic) bond motifs is 1. The van der Waals surface area contributed by atoms with Gasteiger partial charge in [0.1, 0.15) is 11.7 Å². The lowest BCUT2D eigenvalue weighted by molar-refractivity contribution is -0.463. The maximum Gasteiger partial charge on any atom is 0.490 e. The van der Waals surface area contributed by atoms with Gasteiger partial charge in [-0.2, -0.15) is 18.4 Å². The van der Waals surface area contributed by atoms with Crippen molar-refractivity contribution in [3.63, 3.8) is 0 Å². The lowest BCUT2D eigenvalue weighted by atomic mass is 9.83. The number of nitrogens with one attached hydrogen (secondary N) is 2. The predicted molar refractivity (Wildman–Crippen MR) is 155 cm³/mol. The average Bonchev–Trinajstić information content (AvgIpc) is 3.01. The zero-order valence-corrected chi connectivity index (χ0v) is 24.0. The van der Waals surface area contributed by atoms with Crippen LogP contribution in [0.1, 0.15) is 55.1 Å². The molecule has 10 nitrogen and oxygen atoms in total. The van der Waals surface area contributed by atoms with Crippen LogP contribution in [0.5, 0.6) is 0 Å². The summed E-state index contributed by atoms with van der Waals surface area (Å²) in [6.07, 6.45) is -0.844. The molecule has 44 heavy (non-hydrogen) atoms. The summed E-state index contributed by atoms with van der Waals surface area (Å²) in [5, 5.41) is 23.7. The molecule has 0 spiro atoms. The summed E-state index contributed by atoms with van der Waals surface area (Å²) in [5.74, 6) is -3.71. The van der Waals surface area contributed by atoms with E-state index >= 15 is 0 Å². The van der Waals surface area contributed by atoms with E-state index in [9.17, 15) is 32.9 Å². The van der Waals surface area contributed by atoms with Crippen molar-refractivity contribution in [2.45, 2.75) is 63.7 Å². The van der Waals surface area contributed by atoms with Gasteiger partial charge in [-0.15, -0.1) is 0 Å². The number of hydrogen-bond donors (Lipinski definition) is 3. The lowest BCUT2D eigenvalue weighted by Crippen LogP contribution is -2.50. The van der Waals surface area contributed by atoms with Crippen LogP contribution >= 0.6 is 0 Å². The van der Waals surface area contributed by atoms with Gasteiger partial charge in [-0.3, -0.25) is 9.59 Å². The van der Waals surface area contributed by atoms with Crippen molar-refractivity contribution in [3.05, 3.63) is 76.8 Å². The third-order valence-electron chi connectivity index (χ3n) is 7.06. The molecule has 2 unspecified atom stereocenters. The molecule has 3 atom stereocenters. The van der Waals surface area contributed by atoms with Crippen LogP contribution in [0.25, 0.3) is 10.9 Å². The molecule has 3 N–H and O–H groups in total. The number of carboxylic acid groups (broad SMARTS) is 1. The van der Waals surface area contributed by atoms with Crippen LogP contribution < -0.4 is 10.6 Å². The van der Waals surface area contributed by atoms with Crippen LogP contribution in [-0.2, 0) is 16.0 Å². The molecular weight excluding hydrogens is 579 g/mol. The van der Waals surface area contributed by atoms with E-state index in [1.165, 1.54) is 0 Å². The third kappa shape index (κ3) is 9.58. The number of para-hydroxylation sites is 1. The monoisotopic (exact) mass is 612 g/mol. The highest BCUT2D eigenvalue weighted by Crippen LogP contribution is 2.26. The molecule has 2 aromatic carbocycles. The second-order valence-electron chi connectivity index (χ2n) is 10.3. The number of carboxylic acids is 1. The number of aliphatic carboxylic acids is 1. The SMILES string of the molecule is CCC[N+](=O)c1ccc(C[C@@H](C#N)NC(=O)C2CCCCC2NC(=O)c2ccc3ccccc3n2)cc1.O=C(O)C(F)(F)F. The van der Waals surface area contributed by atoms with Gasteiger partial charge in [0.2, 0.25) is 5.91 Å². The number of alkyl halides is 3. The summed E-state index contributed by atoms with van der Waals surface area (Å²) in [7, 11) is 0. The maximum absolute atomic E-state index is 13.2. The number of pyridine rings is 1. The topological polar surface area (TPSA) is 152 Å². The smallest absolute Gasteiger partial charge is 0.475 e. The minimum Gasteiger partial charge on any atom is -0.475 e. The summed E-state index contributed by atoms with van der Waals surface area (Å²) in [6, 6.07) is 19.4. The summed E-state index contributed by atoms with van der Waals surface area (Å²) in [4.78, 5) is 51.5. The first kappa shape index (κ1) is 33.6. The van der Waals surface area contributed by atoms with E-state index in [4.69, 9.17) is 9.90 Å². The number of carbonyl (C=O) groups is 3. The van der Waals surface area contributed by atoms with E-state index in [-0.39, 0.29) is 17.9 Å². The van der Waals surface area contributed by atoms with Crippen molar-refractivity contribution >= 4 is 34.4 Å². The summed E-state index contributed by atoms with van der Waals surface area (Å²) >= 11 is 0. The van der Waals surface area contributed by atoms with E-state index in [1.54, 1.807) is 18.2 Å². The molecule has 1 heterocycles. The summed E-state index contributed by atoms with van der Waals surface area (Å²) in [5.41, 5.74) is 2.49. The van der Waals surface area contributed by atoms with Crippen molar-refractivity contribution in [2.75, 3.05) is 6.54 Å². The number of rotatable bonds is 9. The van der Waals surface area contributed by atoms with E-state index in [0.717, 1.165) is 40.5 Å². The van der Waals surface area contributed by atoms with Gasteiger partial charge in [-0.25, -0.2) is 9.78 Å². The fraction of sp³-hybridized carbons (Fsp3) is 0.387. The predicted octanol–water partition coefficient (Wildman–Crippen LogP) is 5.23. The van der Waals surface area contributed by atoms with E-state index < -0.39 is 24.1 Å². The Morgan fingerprint density at radius 2 is 1.73 bits per heavy atom. The molecule has 1 saturated carbocycles. The quantitative estimate of drug-likeness (QED) is 0.280. The zero-order valence-electron chi connectivity index (χ0n) is 24.0. The highest BCUT2D eigenvalue weighted by Gasteiger charge is 2.38. The van der Waals surface area contributed by atoms with Crippen LogP contribution in [-0.4, -0.2) is 57.4 Å². The van der Waals surface area contributed by atoms with Crippen molar-refractivity contribution < 1.29 is 37.4 Å². The van der Waals surface area contributed by atoms with Crippen LogP contribution in [0.4, 0.5) is 18.9 Å². The van der Waals surface area contributed by atoms with Gasteiger partial charge in [-0.05, 0) is 30.5 Å². The number of halogens is 3. The largest absolute Gasteiger partial charge is 0.490 e. The molecule has 4 rings (SSSR count). The Morgan fingerprint density at radius 1 is 1.07 bits per heavy atom. The molecule has 3 aromatic rings. The lowest BCUT2D eigenvalue weighted by Gasteiger charge is -2.31. The number of nitroso groups, excluding NO2 is 1. The zero-order chi connectivity index (χ0) is 32.3. The van der Waals surface area contributed by atoms with Gasteiger partial charge < -0.3 is 15.7 Å². The van der Waals surface area contributed by atoms with E-state index in [0.29, 0.717) is 37.2 Å². The molecule has 1 aliphatic carbocycles. The second kappa shape index (κ2) is 15.6. The van der Waals surface area contributed by atoms with Gasteiger partial charge in [0.15, 0.2) is 6.54 Å². The second-order valence-corrected chi connectivity index (χ2v) is 10.3. The highest BCUT2D eigenvalue weighted by atomic mass is 19.4. The van der Waals surface area contributed by atoms with Crippen molar-refractivity contribution in [1.29, 1.82) is 5.26 Å². The number of hydrogen-bond acceptors (Lipinski definition) is 6. The van der Waals surface area contributed by atoms with Crippen LogP contribution in [0.15, 0.2) is 60.7 Å². The molecule has 232 valence electrons. The Bertz CT molecular complexity index is 1520. The van der Waals surface area contributed by atoms with Crippen molar-refractivity contribution in [2.24, 2.45) is 5.92 Å². The first-order valence-corrected chi connectivity index (χ1v) is 14.1. The average molecular weight is 613 g/mol. The number of benzene rings is 2. The number of amides is 2. The molecule has 2 amide bonds. The molecule has 0 saturated heterocycles. The summed E-state index contributed by atoms with van der Waals surface area (Å²) < 4.78 is 32.7. The minimum absolute atomic E-state index is 0.228. The standard InChI is InChI=1S/C29H31N5O3.C2HF3O2/c1-2-17-34(37)23-14-11-20(12-15-23)18-22(19-30)31-28(35)24-8-4-6-10-26(24)33-29(36)27-16-13-21-7-3-5-9-25(21)32-27;3-2(4,5)1(6)7/h3,5,7,9,11-16,22,24,26H,2,4,6,8,10,17-18H2,1H3,(H-,31,33,35,36);(H,6,7)/p+1/t22-,24?,26?;/m0./s1. The number of nitrogens with zero attached hydrogens (tertiary/aromatic N) is 3. The molecule has 0 aliphatic heterocycles. The Labute approximate surface area is 251 Å². The van der Waals surface area contributed by atoms with Crippen LogP contribution in [0.3, 0.4) is 0 Å². The number of carbonyl (C=O) groups excluding carboxylic acids is 2. The molecule has 1 aromatic heterocycles. The maximum atomic E-state index is 13.2. The van der Waals surface area contributed by atoms with Crippen molar-refractivity contribution in [1.82, 2.24) is 15.6 Å². The van der Waals surface area contributed by atoms with Gasteiger partial charge in [0.25, 0.3) is 11.6 Å². The van der Waals surface area contributed by atoms with Gasteiger partial charge in [-0.1, -0.05) is 56.2 Å².